The summed E-state index contributed by atoms with van der Waals surface area (Å²) in [5.74, 6) is 0.886. The summed E-state index contributed by atoms with van der Waals surface area (Å²) < 4.78 is 31.7. The number of pyridine rings is 1. The van der Waals surface area contributed by atoms with Crippen molar-refractivity contribution in [3.05, 3.63) is 99.6 Å². The third-order valence-electron chi connectivity index (χ3n) is 5.61. The van der Waals surface area contributed by atoms with Crippen LogP contribution in [0.5, 0.6) is 17.2 Å². The van der Waals surface area contributed by atoms with E-state index in [1.54, 1.807) is 66.4 Å². The molecule has 7 heteroatoms. The first-order valence-corrected chi connectivity index (χ1v) is 10.4. The van der Waals surface area contributed by atoms with Gasteiger partial charge in [0.15, 0.2) is 17.3 Å². The van der Waals surface area contributed by atoms with Gasteiger partial charge in [0.05, 0.1) is 23.6 Å². The zero-order valence-electron chi connectivity index (χ0n) is 17.8. The van der Waals surface area contributed by atoms with Gasteiger partial charge in [0.1, 0.15) is 24.8 Å². The average Bonchev–Trinajstić information content (AvgIpc) is 2.86. The van der Waals surface area contributed by atoms with Crippen molar-refractivity contribution >= 4 is 16.7 Å². The number of benzene rings is 3. The minimum atomic E-state index is -0.396. The van der Waals surface area contributed by atoms with Crippen LogP contribution in [0.4, 0.5) is 4.39 Å². The van der Waals surface area contributed by atoms with Crippen molar-refractivity contribution in [3.8, 4) is 17.2 Å². The van der Waals surface area contributed by atoms with E-state index in [9.17, 15) is 14.0 Å². The van der Waals surface area contributed by atoms with Crippen molar-refractivity contribution in [2.75, 3.05) is 20.3 Å². The molecule has 1 aromatic heterocycles. The van der Waals surface area contributed by atoms with Crippen molar-refractivity contribution in [1.82, 2.24) is 4.57 Å². The van der Waals surface area contributed by atoms with E-state index in [2.05, 4.69) is 0 Å². The summed E-state index contributed by atoms with van der Waals surface area (Å²) in [6.45, 7) is 1.13. The summed E-state index contributed by atoms with van der Waals surface area (Å²) in [4.78, 5) is 26.7. The molecule has 1 aliphatic rings. The lowest BCUT2D eigenvalue weighted by atomic mass is 10.0. The third-order valence-corrected chi connectivity index (χ3v) is 5.61. The second-order valence-electron chi connectivity index (χ2n) is 7.70. The monoisotopic (exact) mass is 445 g/mol. The number of methoxy groups -OCH3 is 1. The minimum absolute atomic E-state index is 0.0338. The van der Waals surface area contributed by atoms with E-state index in [-0.39, 0.29) is 11.4 Å². The fraction of sp³-hybridized carbons (Fsp3) is 0.154. The minimum Gasteiger partial charge on any atom is -0.497 e. The highest BCUT2D eigenvalue weighted by Gasteiger charge is 2.21. The van der Waals surface area contributed by atoms with Crippen LogP contribution in [0.3, 0.4) is 0 Å². The molecule has 0 atom stereocenters. The molecular weight excluding hydrogens is 425 g/mol. The van der Waals surface area contributed by atoms with Crippen LogP contribution in [0.2, 0.25) is 0 Å². The van der Waals surface area contributed by atoms with Gasteiger partial charge in [-0.05, 0) is 48.0 Å². The quantitative estimate of drug-likeness (QED) is 0.431. The van der Waals surface area contributed by atoms with E-state index in [4.69, 9.17) is 14.2 Å². The van der Waals surface area contributed by atoms with Gasteiger partial charge in [-0.2, -0.15) is 0 Å². The number of nitrogens with zero attached hydrogens (tertiary/aromatic N) is 1. The molecule has 166 valence electrons. The van der Waals surface area contributed by atoms with Crippen molar-refractivity contribution < 1.29 is 23.4 Å². The molecule has 0 saturated carbocycles. The topological polar surface area (TPSA) is 66.8 Å². The maximum Gasteiger partial charge on any atom is 0.200 e. The standard InChI is InChI=1S/C26H20FNO5/c1-31-19-8-4-17(5-9-19)25(29)21-15-28(14-16-2-6-18(27)7-3-16)22-13-24-23(32-10-11-33-24)12-20(22)26(21)30/h2-9,12-13,15H,10-11,14H2,1H3. The molecule has 0 amide bonds. The van der Waals surface area contributed by atoms with Crippen molar-refractivity contribution in [2.45, 2.75) is 6.54 Å². The number of ether oxygens (including phenoxy) is 3. The molecule has 33 heavy (non-hydrogen) atoms. The fourth-order valence-corrected chi connectivity index (χ4v) is 3.90. The SMILES string of the molecule is COc1ccc(C(=O)c2cn(Cc3ccc(F)cc3)c3cc4c(cc3c2=O)OCCO4)cc1. The maximum absolute atomic E-state index is 13.4. The Morgan fingerprint density at radius 1 is 1.00 bits per heavy atom. The molecule has 5 rings (SSSR count). The predicted molar refractivity (Wildman–Crippen MR) is 121 cm³/mol. The van der Waals surface area contributed by atoms with E-state index in [1.807, 2.05) is 0 Å². The number of rotatable bonds is 5. The summed E-state index contributed by atoms with van der Waals surface area (Å²) in [5.41, 5.74) is 1.43. The molecule has 3 aromatic carbocycles. The van der Waals surface area contributed by atoms with Crippen LogP contribution in [0.25, 0.3) is 10.9 Å². The lowest BCUT2D eigenvalue weighted by Gasteiger charge is -2.21. The van der Waals surface area contributed by atoms with Crippen molar-refractivity contribution in [1.29, 1.82) is 0 Å². The maximum atomic E-state index is 13.4. The first kappa shape index (κ1) is 20.8. The highest BCUT2D eigenvalue weighted by atomic mass is 19.1. The van der Waals surface area contributed by atoms with Gasteiger partial charge in [0.2, 0.25) is 5.43 Å². The van der Waals surface area contributed by atoms with E-state index < -0.39 is 11.2 Å². The van der Waals surface area contributed by atoms with Gasteiger partial charge >= 0.3 is 0 Å². The second-order valence-corrected chi connectivity index (χ2v) is 7.70. The first-order chi connectivity index (χ1) is 16.0. The average molecular weight is 445 g/mol. The second kappa shape index (κ2) is 8.43. The molecule has 0 aliphatic carbocycles. The molecule has 0 unspecified atom stereocenters. The van der Waals surface area contributed by atoms with Gasteiger partial charge in [-0.1, -0.05) is 12.1 Å². The van der Waals surface area contributed by atoms with Crippen LogP contribution < -0.4 is 19.6 Å². The van der Waals surface area contributed by atoms with Crippen LogP contribution >= 0.6 is 0 Å². The Kier molecular flexibility index (Phi) is 5.30. The molecule has 0 bridgehead atoms. The van der Waals surface area contributed by atoms with E-state index in [1.165, 1.54) is 12.1 Å². The van der Waals surface area contributed by atoms with Gasteiger partial charge in [-0.15, -0.1) is 0 Å². The number of aromatic nitrogens is 1. The summed E-state index contributed by atoms with van der Waals surface area (Å²) in [7, 11) is 1.54. The van der Waals surface area contributed by atoms with Gasteiger partial charge < -0.3 is 18.8 Å². The molecule has 2 heterocycles. The molecule has 6 nitrogen and oxygen atoms in total. The van der Waals surface area contributed by atoms with Crippen molar-refractivity contribution in [3.63, 3.8) is 0 Å². The fourth-order valence-electron chi connectivity index (χ4n) is 3.90. The van der Waals surface area contributed by atoms with Crippen molar-refractivity contribution in [2.24, 2.45) is 0 Å². The zero-order valence-corrected chi connectivity index (χ0v) is 17.8. The lowest BCUT2D eigenvalue weighted by molar-refractivity contribution is 0.103. The number of ketones is 1. The largest absolute Gasteiger partial charge is 0.497 e. The van der Waals surface area contributed by atoms with Crippen LogP contribution in [0.1, 0.15) is 21.5 Å². The summed E-state index contributed by atoms with van der Waals surface area (Å²) in [6, 6.07) is 16.1. The Balaban J connectivity index is 1.68. The molecule has 0 saturated heterocycles. The van der Waals surface area contributed by atoms with Gasteiger partial charge in [0, 0.05) is 24.4 Å². The van der Waals surface area contributed by atoms with Crippen LogP contribution in [-0.4, -0.2) is 30.7 Å². The van der Waals surface area contributed by atoms with Gasteiger partial charge in [-0.25, -0.2) is 4.39 Å². The Bertz CT molecular complexity index is 1410. The number of fused-ring (bicyclic) bond motifs is 2. The van der Waals surface area contributed by atoms with E-state index in [0.29, 0.717) is 53.5 Å². The van der Waals surface area contributed by atoms with E-state index >= 15 is 0 Å². The number of halogens is 1. The highest BCUT2D eigenvalue weighted by Crippen LogP contribution is 2.34. The summed E-state index contributed by atoms with van der Waals surface area (Å²) >= 11 is 0. The summed E-state index contributed by atoms with van der Waals surface area (Å²) in [6.07, 6.45) is 1.55. The number of hydrogen-bond acceptors (Lipinski definition) is 5. The third kappa shape index (κ3) is 3.93. The van der Waals surface area contributed by atoms with E-state index in [0.717, 1.165) is 5.56 Å². The van der Waals surface area contributed by atoms with Gasteiger partial charge in [0.25, 0.3) is 0 Å². The molecular formula is C26H20FNO5. The number of hydrogen-bond donors (Lipinski definition) is 0. The molecule has 0 fully saturated rings. The number of carbonyl (C=O) groups is 1. The normalized spacial score (nSPS) is 12.5. The molecule has 1 aliphatic heterocycles. The van der Waals surface area contributed by atoms with Crippen LogP contribution in [-0.2, 0) is 6.54 Å². The van der Waals surface area contributed by atoms with Crippen LogP contribution in [0, 0.1) is 5.82 Å². The highest BCUT2D eigenvalue weighted by molar-refractivity contribution is 6.10. The van der Waals surface area contributed by atoms with Gasteiger partial charge in [-0.3, -0.25) is 9.59 Å². The van der Waals surface area contributed by atoms with Crippen LogP contribution in [0.15, 0.2) is 71.7 Å². The molecule has 0 spiro atoms. The molecule has 0 radical (unpaired) electrons. The Morgan fingerprint density at radius 3 is 2.33 bits per heavy atom. The zero-order chi connectivity index (χ0) is 22.9. The first-order valence-electron chi connectivity index (χ1n) is 10.4. The summed E-state index contributed by atoms with van der Waals surface area (Å²) in [5, 5.41) is 0.348. The Hall–Kier alpha value is -4.13. The lowest BCUT2D eigenvalue weighted by Crippen LogP contribution is -2.21. The molecule has 4 aromatic rings. The Labute approximate surface area is 188 Å². The number of carbonyl (C=O) groups excluding carboxylic acids is 1. The Morgan fingerprint density at radius 2 is 1.67 bits per heavy atom. The predicted octanol–water partition coefficient (Wildman–Crippen LogP) is 4.20. The smallest absolute Gasteiger partial charge is 0.200 e. The molecule has 0 N–H and O–H groups in total.